The lowest BCUT2D eigenvalue weighted by atomic mass is 9.86. The number of likely N-dealkylation sites (tertiary alicyclic amines) is 1. The first-order chi connectivity index (χ1) is 16.2. The maximum Gasteiger partial charge on any atom is 0.407 e. The van der Waals surface area contributed by atoms with Crippen molar-refractivity contribution in [2.75, 3.05) is 19.7 Å². The van der Waals surface area contributed by atoms with Crippen molar-refractivity contribution in [3.8, 4) is 11.1 Å². The standard InChI is InChI=1S/C27H32N2O5/c1-17(25(31)32)18-14-29(15-18)24(30)12-13-27(2,3)28-26(33)34-16-23-21-10-6-4-8-19(21)20-9-5-7-11-22(20)23/h4-11,17-18,23H,12-16H2,1-3H3,(H,28,33)(H,31,32). The third-order valence-corrected chi connectivity index (χ3v) is 7.11. The second-order valence-electron chi connectivity index (χ2n) is 10.0. The van der Waals surface area contributed by atoms with E-state index in [1.54, 1.807) is 11.8 Å². The van der Waals surface area contributed by atoms with Gasteiger partial charge in [0.1, 0.15) is 6.61 Å². The first-order valence-corrected chi connectivity index (χ1v) is 11.8. The molecule has 2 aromatic carbocycles. The summed E-state index contributed by atoms with van der Waals surface area (Å²) in [5.41, 5.74) is 4.06. The molecule has 1 saturated heterocycles. The van der Waals surface area contributed by atoms with Crippen LogP contribution in [0.5, 0.6) is 0 Å². The van der Waals surface area contributed by atoms with Gasteiger partial charge >= 0.3 is 12.1 Å². The molecule has 0 saturated carbocycles. The number of amides is 2. The Morgan fingerprint density at radius 3 is 2.18 bits per heavy atom. The number of carbonyl (C=O) groups excluding carboxylic acids is 2. The Labute approximate surface area is 200 Å². The van der Waals surface area contributed by atoms with E-state index < -0.39 is 23.5 Å². The van der Waals surface area contributed by atoms with Crippen molar-refractivity contribution in [2.45, 2.75) is 45.1 Å². The van der Waals surface area contributed by atoms with E-state index in [-0.39, 0.29) is 30.8 Å². The molecular weight excluding hydrogens is 432 g/mol. The van der Waals surface area contributed by atoms with E-state index in [0.29, 0.717) is 19.5 Å². The number of fused-ring (bicyclic) bond motifs is 3. The van der Waals surface area contributed by atoms with Gasteiger partial charge < -0.3 is 20.1 Å². The van der Waals surface area contributed by atoms with Gasteiger partial charge in [-0.2, -0.15) is 0 Å². The molecule has 0 radical (unpaired) electrons. The molecule has 7 nitrogen and oxygen atoms in total. The van der Waals surface area contributed by atoms with Gasteiger partial charge in [0.25, 0.3) is 0 Å². The van der Waals surface area contributed by atoms with Crippen LogP contribution in [0.2, 0.25) is 0 Å². The molecule has 1 heterocycles. The van der Waals surface area contributed by atoms with Gasteiger partial charge in [-0.25, -0.2) is 4.79 Å². The maximum atomic E-state index is 12.6. The zero-order chi connectivity index (χ0) is 24.5. The Morgan fingerprint density at radius 1 is 1.06 bits per heavy atom. The van der Waals surface area contributed by atoms with E-state index in [1.807, 2.05) is 38.1 Å². The number of ether oxygens (including phenoxy) is 1. The highest BCUT2D eigenvalue weighted by Crippen LogP contribution is 2.44. The smallest absolute Gasteiger partial charge is 0.407 e. The van der Waals surface area contributed by atoms with Crippen molar-refractivity contribution in [1.82, 2.24) is 10.2 Å². The topological polar surface area (TPSA) is 95.9 Å². The van der Waals surface area contributed by atoms with Crippen LogP contribution >= 0.6 is 0 Å². The number of benzene rings is 2. The maximum absolute atomic E-state index is 12.6. The molecule has 7 heteroatoms. The normalized spacial score (nSPS) is 16.3. The number of rotatable bonds is 8. The van der Waals surface area contributed by atoms with E-state index >= 15 is 0 Å². The Kier molecular flexibility index (Phi) is 6.64. The van der Waals surface area contributed by atoms with Crippen LogP contribution in [0.3, 0.4) is 0 Å². The molecule has 1 aliphatic heterocycles. The highest BCUT2D eigenvalue weighted by molar-refractivity contribution is 5.79. The van der Waals surface area contributed by atoms with Crippen molar-refractivity contribution in [3.63, 3.8) is 0 Å². The number of hydrogen-bond acceptors (Lipinski definition) is 4. The summed E-state index contributed by atoms with van der Waals surface area (Å²) in [6.07, 6.45) is 0.245. The van der Waals surface area contributed by atoms with Crippen molar-refractivity contribution in [3.05, 3.63) is 59.7 Å². The second-order valence-corrected chi connectivity index (χ2v) is 10.0. The number of aliphatic carboxylic acids is 1. The van der Waals surface area contributed by atoms with Gasteiger partial charge in [-0.1, -0.05) is 55.5 Å². The van der Waals surface area contributed by atoms with Crippen LogP contribution in [-0.4, -0.2) is 53.2 Å². The van der Waals surface area contributed by atoms with Crippen molar-refractivity contribution >= 4 is 18.0 Å². The summed E-state index contributed by atoms with van der Waals surface area (Å²) in [6.45, 7) is 6.61. The summed E-state index contributed by atoms with van der Waals surface area (Å²) in [4.78, 5) is 37.8. The first kappa shape index (κ1) is 23.8. The third kappa shape index (κ3) is 4.93. The quantitative estimate of drug-likeness (QED) is 0.609. The summed E-state index contributed by atoms with van der Waals surface area (Å²) < 4.78 is 5.62. The second kappa shape index (κ2) is 9.49. The lowest BCUT2D eigenvalue weighted by Gasteiger charge is -2.41. The van der Waals surface area contributed by atoms with Gasteiger partial charge in [0.2, 0.25) is 5.91 Å². The first-order valence-electron chi connectivity index (χ1n) is 11.8. The highest BCUT2D eigenvalue weighted by Gasteiger charge is 2.37. The lowest BCUT2D eigenvalue weighted by Crippen LogP contribution is -2.54. The fourth-order valence-corrected chi connectivity index (χ4v) is 4.79. The molecule has 0 spiro atoms. The molecule has 0 bridgehead atoms. The molecule has 1 aliphatic carbocycles. The van der Waals surface area contributed by atoms with Gasteiger partial charge in [-0.3, -0.25) is 9.59 Å². The molecule has 2 N–H and O–H groups in total. The van der Waals surface area contributed by atoms with Crippen LogP contribution in [0.15, 0.2) is 48.5 Å². The van der Waals surface area contributed by atoms with Crippen LogP contribution < -0.4 is 5.32 Å². The predicted octanol–water partition coefficient (Wildman–Crippen LogP) is 4.26. The van der Waals surface area contributed by atoms with Crippen LogP contribution in [0.25, 0.3) is 11.1 Å². The highest BCUT2D eigenvalue weighted by atomic mass is 16.5. The molecule has 1 atom stereocenters. The molecular formula is C27H32N2O5. The van der Waals surface area contributed by atoms with Crippen molar-refractivity contribution in [2.24, 2.45) is 11.8 Å². The fraction of sp³-hybridized carbons (Fsp3) is 0.444. The average Bonchev–Trinajstić information content (AvgIpc) is 3.09. The monoisotopic (exact) mass is 464 g/mol. The van der Waals surface area contributed by atoms with E-state index in [2.05, 4.69) is 29.6 Å². The molecule has 2 amide bonds. The summed E-state index contributed by atoms with van der Waals surface area (Å²) in [5.74, 6) is -1.29. The van der Waals surface area contributed by atoms with E-state index in [9.17, 15) is 14.4 Å². The number of alkyl carbamates (subject to hydrolysis) is 1. The molecule has 0 aromatic heterocycles. The van der Waals surface area contributed by atoms with Gasteiger partial charge in [0, 0.05) is 36.9 Å². The molecule has 180 valence electrons. The minimum absolute atomic E-state index is 0.00426. The van der Waals surface area contributed by atoms with Crippen LogP contribution in [-0.2, 0) is 14.3 Å². The van der Waals surface area contributed by atoms with Gasteiger partial charge in [0.05, 0.1) is 5.92 Å². The summed E-state index contributed by atoms with van der Waals surface area (Å²) in [6, 6.07) is 16.4. The molecule has 2 aromatic rings. The fourth-order valence-electron chi connectivity index (χ4n) is 4.79. The summed E-state index contributed by atoms with van der Waals surface area (Å²) >= 11 is 0. The molecule has 1 fully saturated rings. The van der Waals surface area contributed by atoms with E-state index in [1.165, 1.54) is 11.1 Å². The average molecular weight is 465 g/mol. The van der Waals surface area contributed by atoms with Crippen molar-refractivity contribution < 1.29 is 24.2 Å². The molecule has 34 heavy (non-hydrogen) atoms. The number of carboxylic acid groups (broad SMARTS) is 1. The Hall–Kier alpha value is -3.35. The Balaban J connectivity index is 1.26. The minimum Gasteiger partial charge on any atom is -0.481 e. The third-order valence-electron chi connectivity index (χ3n) is 7.11. The zero-order valence-electron chi connectivity index (χ0n) is 19.9. The molecule has 1 unspecified atom stereocenters. The number of nitrogens with zero attached hydrogens (tertiary/aromatic N) is 1. The molecule has 2 aliphatic rings. The molecule has 4 rings (SSSR count). The van der Waals surface area contributed by atoms with Crippen molar-refractivity contribution in [1.29, 1.82) is 0 Å². The Bertz CT molecular complexity index is 1040. The summed E-state index contributed by atoms with van der Waals surface area (Å²) in [5, 5.41) is 12.0. The SMILES string of the molecule is CC(C(=O)O)C1CN(C(=O)CCC(C)(C)NC(=O)OCC2c3ccccc3-c3ccccc32)C1. The predicted molar refractivity (Wildman–Crippen MR) is 128 cm³/mol. The minimum atomic E-state index is -0.828. The van der Waals surface area contributed by atoms with E-state index in [4.69, 9.17) is 9.84 Å². The number of hydrogen-bond donors (Lipinski definition) is 2. The van der Waals surface area contributed by atoms with Crippen LogP contribution in [0.1, 0.15) is 50.7 Å². The number of carboxylic acids is 1. The number of nitrogens with one attached hydrogen (secondary N) is 1. The Morgan fingerprint density at radius 2 is 1.62 bits per heavy atom. The largest absolute Gasteiger partial charge is 0.481 e. The van der Waals surface area contributed by atoms with Gasteiger partial charge in [-0.05, 0) is 42.5 Å². The van der Waals surface area contributed by atoms with Crippen LogP contribution in [0, 0.1) is 11.8 Å². The zero-order valence-corrected chi connectivity index (χ0v) is 19.9. The number of carbonyl (C=O) groups is 3. The van der Waals surface area contributed by atoms with Gasteiger partial charge in [-0.15, -0.1) is 0 Å². The lowest BCUT2D eigenvalue weighted by molar-refractivity contribution is -0.150. The van der Waals surface area contributed by atoms with Crippen LogP contribution in [0.4, 0.5) is 4.79 Å². The summed E-state index contributed by atoms with van der Waals surface area (Å²) in [7, 11) is 0. The van der Waals surface area contributed by atoms with E-state index in [0.717, 1.165) is 11.1 Å². The van der Waals surface area contributed by atoms with Gasteiger partial charge in [0.15, 0.2) is 0 Å².